The number of thiazole rings is 1. The van der Waals surface area contributed by atoms with Gasteiger partial charge in [0, 0.05) is 10.6 Å². The smallest absolute Gasteiger partial charge is 0.308 e. The second-order valence-corrected chi connectivity index (χ2v) is 6.62. The zero-order valence-electron chi connectivity index (χ0n) is 11.6. The van der Waals surface area contributed by atoms with Gasteiger partial charge < -0.3 is 9.84 Å². The Labute approximate surface area is 130 Å². The lowest BCUT2D eigenvalue weighted by atomic mass is 10.2. The molecule has 0 aliphatic heterocycles. The third-order valence-electron chi connectivity index (χ3n) is 2.76. The van der Waals surface area contributed by atoms with Crippen molar-refractivity contribution in [2.75, 3.05) is 7.11 Å². The number of methoxy groups -OCH3 is 1. The van der Waals surface area contributed by atoms with Crippen LogP contribution in [0.1, 0.15) is 16.1 Å². The van der Waals surface area contributed by atoms with Gasteiger partial charge in [-0.2, -0.15) is 0 Å². The quantitative estimate of drug-likeness (QED) is 0.823. The molecule has 0 unspecified atom stereocenters. The Morgan fingerprint density at radius 1 is 1.52 bits per heavy atom. The predicted molar refractivity (Wildman–Crippen MR) is 80.7 cm³/mol. The van der Waals surface area contributed by atoms with Crippen molar-refractivity contribution < 1.29 is 19.0 Å². The number of rotatable bonds is 6. The van der Waals surface area contributed by atoms with Crippen LogP contribution in [0.2, 0.25) is 0 Å². The van der Waals surface area contributed by atoms with E-state index in [0.29, 0.717) is 5.75 Å². The Kier molecular flexibility index (Phi) is 5.19. The fourth-order valence-corrected chi connectivity index (χ4v) is 3.88. The van der Waals surface area contributed by atoms with Crippen molar-refractivity contribution in [2.45, 2.75) is 23.4 Å². The molecular weight excluding hydrogens is 313 g/mol. The van der Waals surface area contributed by atoms with Crippen molar-refractivity contribution in [3.8, 4) is 5.75 Å². The Bertz CT molecular complexity index is 658. The molecule has 112 valence electrons. The molecule has 0 aliphatic rings. The summed E-state index contributed by atoms with van der Waals surface area (Å²) in [5, 5.41) is 8.81. The van der Waals surface area contributed by atoms with E-state index in [9.17, 15) is 9.18 Å². The molecule has 4 nitrogen and oxygen atoms in total. The Balaban J connectivity index is 2.03. The van der Waals surface area contributed by atoms with Gasteiger partial charge in [0.15, 0.2) is 15.9 Å². The second kappa shape index (κ2) is 6.91. The van der Waals surface area contributed by atoms with E-state index in [1.165, 1.54) is 36.3 Å². The van der Waals surface area contributed by atoms with E-state index in [0.717, 1.165) is 20.5 Å². The van der Waals surface area contributed by atoms with E-state index in [1.807, 2.05) is 0 Å². The highest BCUT2D eigenvalue weighted by Gasteiger charge is 2.12. The van der Waals surface area contributed by atoms with E-state index < -0.39 is 11.8 Å². The summed E-state index contributed by atoms with van der Waals surface area (Å²) < 4.78 is 19.2. The summed E-state index contributed by atoms with van der Waals surface area (Å²) in [6.45, 7) is 1.80. The fourth-order valence-electron chi connectivity index (χ4n) is 1.71. The van der Waals surface area contributed by atoms with Crippen molar-refractivity contribution in [1.82, 2.24) is 4.98 Å². The van der Waals surface area contributed by atoms with Crippen LogP contribution in [0.4, 0.5) is 4.39 Å². The summed E-state index contributed by atoms with van der Waals surface area (Å²) in [6.07, 6.45) is -0.0127. The standard InChI is InChI=1S/C14H14FNO3S2/c1-8-12(6-13(17)18)21-14(16-8)20-7-9-3-4-11(19-2)10(15)5-9/h3-5H,6-7H2,1-2H3,(H,17,18). The van der Waals surface area contributed by atoms with Crippen molar-refractivity contribution in [2.24, 2.45) is 0 Å². The van der Waals surface area contributed by atoms with Crippen LogP contribution in [0.25, 0.3) is 0 Å². The number of hydrogen-bond acceptors (Lipinski definition) is 5. The van der Waals surface area contributed by atoms with Gasteiger partial charge in [0.25, 0.3) is 0 Å². The highest BCUT2D eigenvalue weighted by Crippen LogP contribution is 2.30. The summed E-state index contributed by atoms with van der Waals surface area (Å²) >= 11 is 2.84. The number of benzene rings is 1. The van der Waals surface area contributed by atoms with E-state index >= 15 is 0 Å². The number of halogens is 1. The SMILES string of the molecule is COc1ccc(CSc2nc(C)c(CC(=O)O)s2)cc1F. The maximum absolute atomic E-state index is 13.6. The molecular formula is C14H14FNO3S2. The number of nitrogens with zero attached hydrogens (tertiary/aromatic N) is 1. The molecule has 1 aromatic heterocycles. The van der Waals surface area contributed by atoms with Crippen molar-refractivity contribution in [3.05, 3.63) is 40.2 Å². The lowest BCUT2D eigenvalue weighted by Gasteiger charge is -2.04. The maximum atomic E-state index is 13.6. The summed E-state index contributed by atoms with van der Waals surface area (Å²) in [5.41, 5.74) is 1.57. The maximum Gasteiger partial charge on any atom is 0.308 e. The second-order valence-electron chi connectivity index (χ2n) is 4.32. The molecule has 0 saturated carbocycles. The number of hydrogen-bond donors (Lipinski definition) is 1. The van der Waals surface area contributed by atoms with Crippen LogP contribution < -0.4 is 4.74 Å². The third-order valence-corrected chi connectivity index (χ3v) is 5.13. The Morgan fingerprint density at radius 3 is 2.90 bits per heavy atom. The highest BCUT2D eigenvalue weighted by molar-refractivity contribution is 8.00. The first-order valence-electron chi connectivity index (χ1n) is 6.13. The van der Waals surface area contributed by atoms with Crippen LogP contribution in [0.15, 0.2) is 22.5 Å². The minimum atomic E-state index is -0.865. The number of carbonyl (C=O) groups is 1. The van der Waals surface area contributed by atoms with Gasteiger partial charge in [-0.1, -0.05) is 17.8 Å². The van der Waals surface area contributed by atoms with Gasteiger partial charge in [0.2, 0.25) is 0 Å². The van der Waals surface area contributed by atoms with E-state index in [2.05, 4.69) is 4.98 Å². The lowest BCUT2D eigenvalue weighted by Crippen LogP contribution is -1.99. The van der Waals surface area contributed by atoms with Crippen molar-refractivity contribution in [3.63, 3.8) is 0 Å². The molecule has 0 saturated heterocycles. The third kappa shape index (κ3) is 4.18. The number of thioether (sulfide) groups is 1. The molecule has 2 aromatic rings. The summed E-state index contributed by atoms with van der Waals surface area (Å²) in [4.78, 5) is 15.8. The van der Waals surface area contributed by atoms with Crippen LogP contribution >= 0.6 is 23.1 Å². The zero-order chi connectivity index (χ0) is 15.4. The first kappa shape index (κ1) is 15.8. The average Bonchev–Trinajstić information content (AvgIpc) is 2.76. The molecule has 21 heavy (non-hydrogen) atoms. The number of ether oxygens (including phenoxy) is 1. The molecule has 0 spiro atoms. The Hall–Kier alpha value is -1.60. The predicted octanol–water partition coefficient (Wildman–Crippen LogP) is 3.52. The van der Waals surface area contributed by atoms with Crippen molar-refractivity contribution >= 4 is 29.1 Å². The molecule has 0 bridgehead atoms. The van der Waals surface area contributed by atoms with Gasteiger partial charge in [-0.05, 0) is 24.6 Å². The number of carboxylic acids is 1. The average molecular weight is 327 g/mol. The Morgan fingerprint density at radius 2 is 2.29 bits per heavy atom. The van der Waals surface area contributed by atoms with Crippen LogP contribution in [0.5, 0.6) is 5.75 Å². The summed E-state index contributed by atoms with van der Waals surface area (Å²) in [5.74, 6) is -0.467. The molecule has 0 fully saturated rings. The fraction of sp³-hybridized carbons (Fsp3) is 0.286. The molecule has 1 heterocycles. The molecule has 0 radical (unpaired) electrons. The normalized spacial score (nSPS) is 10.6. The molecule has 1 N–H and O–H groups in total. The van der Waals surface area contributed by atoms with E-state index in [1.54, 1.807) is 19.1 Å². The van der Waals surface area contributed by atoms with Gasteiger partial charge in [-0.3, -0.25) is 4.79 Å². The lowest BCUT2D eigenvalue weighted by molar-refractivity contribution is -0.136. The first-order chi connectivity index (χ1) is 9.99. The number of carboxylic acid groups (broad SMARTS) is 1. The van der Waals surface area contributed by atoms with Gasteiger partial charge in [0.1, 0.15) is 0 Å². The molecule has 0 aliphatic carbocycles. The van der Waals surface area contributed by atoms with Crippen LogP contribution in [-0.2, 0) is 17.0 Å². The van der Waals surface area contributed by atoms with E-state index in [-0.39, 0.29) is 12.2 Å². The number of aryl methyl sites for hydroxylation is 1. The molecule has 0 atom stereocenters. The van der Waals surface area contributed by atoms with Crippen molar-refractivity contribution in [1.29, 1.82) is 0 Å². The minimum Gasteiger partial charge on any atom is -0.494 e. The van der Waals surface area contributed by atoms with E-state index in [4.69, 9.17) is 9.84 Å². The molecule has 1 aromatic carbocycles. The molecule has 0 amide bonds. The zero-order valence-corrected chi connectivity index (χ0v) is 13.2. The largest absolute Gasteiger partial charge is 0.494 e. The minimum absolute atomic E-state index is 0.0127. The topological polar surface area (TPSA) is 59.4 Å². The molecule has 7 heteroatoms. The van der Waals surface area contributed by atoms with Crippen LogP contribution in [0, 0.1) is 12.7 Å². The van der Waals surface area contributed by atoms with Crippen LogP contribution in [-0.4, -0.2) is 23.2 Å². The highest BCUT2D eigenvalue weighted by atomic mass is 32.2. The first-order valence-corrected chi connectivity index (χ1v) is 7.93. The van der Waals surface area contributed by atoms with Gasteiger partial charge >= 0.3 is 5.97 Å². The van der Waals surface area contributed by atoms with Gasteiger partial charge in [-0.25, -0.2) is 9.37 Å². The molecule has 2 rings (SSSR count). The van der Waals surface area contributed by atoms with Crippen LogP contribution in [0.3, 0.4) is 0 Å². The summed E-state index contributed by atoms with van der Waals surface area (Å²) in [7, 11) is 1.43. The monoisotopic (exact) mass is 327 g/mol. The van der Waals surface area contributed by atoms with Gasteiger partial charge in [-0.15, -0.1) is 11.3 Å². The number of aliphatic carboxylic acids is 1. The van der Waals surface area contributed by atoms with Gasteiger partial charge in [0.05, 0.1) is 19.2 Å². The summed E-state index contributed by atoms with van der Waals surface area (Å²) in [6, 6.07) is 4.83. The number of aromatic nitrogens is 1.